The van der Waals surface area contributed by atoms with Crippen molar-refractivity contribution in [1.82, 2.24) is 0 Å². The van der Waals surface area contributed by atoms with Gasteiger partial charge < -0.3 is 10.5 Å². The molecule has 0 aromatic rings. The maximum absolute atomic E-state index is 11.5. The lowest BCUT2D eigenvalue weighted by molar-refractivity contribution is -0.144. The number of hydrogen-bond acceptors (Lipinski definition) is 3. The van der Waals surface area contributed by atoms with Crippen molar-refractivity contribution in [2.24, 2.45) is 17.1 Å². The van der Waals surface area contributed by atoms with E-state index in [0.29, 0.717) is 6.42 Å². The zero-order valence-corrected chi connectivity index (χ0v) is 11.5. The van der Waals surface area contributed by atoms with E-state index in [9.17, 15) is 4.79 Å². The summed E-state index contributed by atoms with van der Waals surface area (Å²) in [7, 11) is 1.46. The van der Waals surface area contributed by atoms with Crippen LogP contribution in [-0.2, 0) is 9.53 Å². The minimum Gasteiger partial charge on any atom is -0.469 e. The molecule has 0 amide bonds. The number of ether oxygens (including phenoxy) is 1. The van der Waals surface area contributed by atoms with Crippen LogP contribution in [0, 0.1) is 11.3 Å². The SMILES string of the molecule is CCCC1CCC(CC(=O)OC)(C(C)N)CC1. The number of carbonyl (C=O) groups excluding carboxylic acids is 1. The molecule has 100 valence electrons. The normalized spacial score (nSPS) is 30.9. The molecule has 1 aliphatic carbocycles. The number of hydrogen-bond donors (Lipinski definition) is 1. The van der Waals surface area contributed by atoms with Gasteiger partial charge in [0.1, 0.15) is 0 Å². The summed E-state index contributed by atoms with van der Waals surface area (Å²) >= 11 is 0. The minimum absolute atomic E-state index is 0.0165. The monoisotopic (exact) mass is 241 g/mol. The molecule has 1 saturated carbocycles. The fourth-order valence-corrected chi connectivity index (χ4v) is 3.10. The third kappa shape index (κ3) is 3.70. The molecule has 0 bridgehead atoms. The predicted molar refractivity (Wildman–Crippen MR) is 69.6 cm³/mol. The molecule has 3 nitrogen and oxygen atoms in total. The van der Waals surface area contributed by atoms with Gasteiger partial charge in [0.25, 0.3) is 0 Å². The van der Waals surface area contributed by atoms with E-state index in [4.69, 9.17) is 10.5 Å². The van der Waals surface area contributed by atoms with E-state index in [1.165, 1.54) is 32.8 Å². The lowest BCUT2D eigenvalue weighted by Gasteiger charge is -2.42. The van der Waals surface area contributed by atoms with Crippen LogP contribution in [0.2, 0.25) is 0 Å². The van der Waals surface area contributed by atoms with Crippen LogP contribution in [0.5, 0.6) is 0 Å². The first-order chi connectivity index (χ1) is 8.04. The molecule has 0 aromatic heterocycles. The van der Waals surface area contributed by atoms with Crippen LogP contribution in [0.15, 0.2) is 0 Å². The van der Waals surface area contributed by atoms with E-state index in [2.05, 4.69) is 6.92 Å². The zero-order valence-electron chi connectivity index (χ0n) is 11.5. The maximum Gasteiger partial charge on any atom is 0.306 e. The Morgan fingerprint density at radius 1 is 1.47 bits per heavy atom. The first-order valence-electron chi connectivity index (χ1n) is 6.86. The number of esters is 1. The average Bonchev–Trinajstić information content (AvgIpc) is 2.31. The molecule has 1 rings (SSSR count). The summed E-state index contributed by atoms with van der Waals surface area (Å²) in [5.41, 5.74) is 6.10. The summed E-state index contributed by atoms with van der Waals surface area (Å²) in [5, 5.41) is 0. The number of nitrogens with two attached hydrogens (primary N) is 1. The van der Waals surface area contributed by atoms with Crippen molar-refractivity contribution in [2.45, 2.75) is 64.8 Å². The molecule has 3 heteroatoms. The largest absolute Gasteiger partial charge is 0.469 e. The van der Waals surface area contributed by atoms with Gasteiger partial charge in [-0.2, -0.15) is 0 Å². The quantitative estimate of drug-likeness (QED) is 0.753. The summed E-state index contributed by atoms with van der Waals surface area (Å²) in [6.07, 6.45) is 7.63. The van der Waals surface area contributed by atoms with Crippen molar-refractivity contribution in [2.75, 3.05) is 7.11 Å². The number of carbonyl (C=O) groups is 1. The highest BCUT2D eigenvalue weighted by molar-refractivity contribution is 5.70. The molecule has 1 aliphatic rings. The van der Waals surface area contributed by atoms with Gasteiger partial charge in [0.05, 0.1) is 13.5 Å². The molecule has 2 N–H and O–H groups in total. The Bertz CT molecular complexity index is 243. The number of rotatable bonds is 5. The smallest absolute Gasteiger partial charge is 0.306 e. The van der Waals surface area contributed by atoms with Gasteiger partial charge in [-0.1, -0.05) is 19.8 Å². The van der Waals surface area contributed by atoms with Crippen LogP contribution in [0.3, 0.4) is 0 Å². The van der Waals surface area contributed by atoms with Crippen LogP contribution in [0.4, 0.5) is 0 Å². The van der Waals surface area contributed by atoms with Gasteiger partial charge in [0, 0.05) is 6.04 Å². The van der Waals surface area contributed by atoms with E-state index in [1.807, 2.05) is 6.92 Å². The van der Waals surface area contributed by atoms with Gasteiger partial charge in [0.2, 0.25) is 0 Å². The Morgan fingerprint density at radius 2 is 2.06 bits per heavy atom. The third-order valence-corrected chi connectivity index (χ3v) is 4.49. The maximum atomic E-state index is 11.5. The van der Waals surface area contributed by atoms with Crippen molar-refractivity contribution in [1.29, 1.82) is 0 Å². The summed E-state index contributed by atoms with van der Waals surface area (Å²) in [6.45, 7) is 4.27. The average molecular weight is 241 g/mol. The first kappa shape index (κ1) is 14.5. The molecule has 1 unspecified atom stereocenters. The molecule has 17 heavy (non-hydrogen) atoms. The molecular formula is C14H27NO2. The second-order valence-corrected chi connectivity index (χ2v) is 5.64. The minimum atomic E-state index is -0.115. The van der Waals surface area contributed by atoms with Gasteiger partial charge in [-0.3, -0.25) is 4.79 Å². The summed E-state index contributed by atoms with van der Waals surface area (Å²) in [5.74, 6) is 0.723. The van der Waals surface area contributed by atoms with Crippen LogP contribution in [-0.4, -0.2) is 19.1 Å². The van der Waals surface area contributed by atoms with Crippen molar-refractivity contribution in [3.05, 3.63) is 0 Å². The van der Waals surface area contributed by atoms with E-state index in [1.54, 1.807) is 0 Å². The second-order valence-electron chi connectivity index (χ2n) is 5.64. The van der Waals surface area contributed by atoms with E-state index >= 15 is 0 Å². The Balaban J connectivity index is 2.60. The molecular weight excluding hydrogens is 214 g/mol. The van der Waals surface area contributed by atoms with E-state index in [-0.39, 0.29) is 17.4 Å². The highest BCUT2D eigenvalue weighted by Gasteiger charge is 2.40. The van der Waals surface area contributed by atoms with E-state index < -0.39 is 0 Å². The topological polar surface area (TPSA) is 52.3 Å². The molecule has 0 spiro atoms. The van der Waals surface area contributed by atoms with Gasteiger partial charge in [-0.25, -0.2) is 0 Å². The highest BCUT2D eigenvalue weighted by atomic mass is 16.5. The van der Waals surface area contributed by atoms with Gasteiger partial charge in [-0.15, -0.1) is 0 Å². The van der Waals surface area contributed by atoms with Crippen molar-refractivity contribution < 1.29 is 9.53 Å². The fourth-order valence-electron chi connectivity index (χ4n) is 3.10. The van der Waals surface area contributed by atoms with Crippen molar-refractivity contribution in [3.63, 3.8) is 0 Å². The van der Waals surface area contributed by atoms with Crippen LogP contribution < -0.4 is 5.73 Å². The van der Waals surface area contributed by atoms with Gasteiger partial charge in [-0.05, 0) is 43.9 Å². The standard InChI is InChI=1S/C14H27NO2/c1-4-5-12-6-8-14(9-7-12,11(2)15)10-13(16)17-3/h11-12H,4-10,15H2,1-3H3. The summed E-state index contributed by atoms with van der Waals surface area (Å²) in [4.78, 5) is 11.5. The molecule has 0 saturated heterocycles. The summed E-state index contributed by atoms with van der Waals surface area (Å²) < 4.78 is 4.81. The first-order valence-corrected chi connectivity index (χ1v) is 6.86. The molecule has 0 aliphatic heterocycles. The lowest BCUT2D eigenvalue weighted by Crippen LogP contribution is -2.44. The van der Waals surface area contributed by atoms with E-state index in [0.717, 1.165) is 18.8 Å². The zero-order chi connectivity index (χ0) is 12.9. The molecule has 0 radical (unpaired) electrons. The Labute approximate surface area is 105 Å². The number of methoxy groups -OCH3 is 1. The van der Waals surface area contributed by atoms with Crippen molar-refractivity contribution in [3.8, 4) is 0 Å². The molecule has 0 aromatic carbocycles. The molecule has 0 heterocycles. The summed E-state index contributed by atoms with van der Waals surface area (Å²) in [6, 6.07) is 0.0733. The van der Waals surface area contributed by atoms with Crippen LogP contribution >= 0.6 is 0 Å². The Morgan fingerprint density at radius 3 is 2.47 bits per heavy atom. The lowest BCUT2D eigenvalue weighted by atomic mass is 9.64. The predicted octanol–water partition coefficient (Wildman–Crippen LogP) is 2.87. The van der Waals surface area contributed by atoms with Crippen LogP contribution in [0.25, 0.3) is 0 Å². The van der Waals surface area contributed by atoms with Gasteiger partial charge in [0.15, 0.2) is 0 Å². The highest BCUT2D eigenvalue weighted by Crippen LogP contribution is 2.44. The van der Waals surface area contributed by atoms with Gasteiger partial charge >= 0.3 is 5.97 Å². The Hall–Kier alpha value is -0.570. The molecule has 1 atom stereocenters. The second kappa shape index (κ2) is 6.39. The third-order valence-electron chi connectivity index (χ3n) is 4.49. The van der Waals surface area contributed by atoms with Crippen LogP contribution in [0.1, 0.15) is 58.8 Å². The molecule has 1 fully saturated rings. The fraction of sp³-hybridized carbons (Fsp3) is 0.929. The van der Waals surface area contributed by atoms with Crippen molar-refractivity contribution >= 4 is 5.97 Å². The Kier molecular flexibility index (Phi) is 5.44.